The molecule has 0 saturated carbocycles. The molecule has 0 saturated heterocycles. The maximum Gasteiger partial charge on any atom is 0.416 e. The number of nitrogens with one attached hydrogen (secondary N) is 3. The average Bonchev–Trinajstić information content (AvgIpc) is 2.64. The zero-order chi connectivity index (χ0) is 21.8. The highest BCUT2D eigenvalue weighted by atomic mass is 19.4. The third kappa shape index (κ3) is 6.05. The van der Waals surface area contributed by atoms with E-state index < -0.39 is 23.7 Å². The van der Waals surface area contributed by atoms with Gasteiger partial charge >= 0.3 is 6.18 Å². The van der Waals surface area contributed by atoms with Gasteiger partial charge in [0.1, 0.15) is 0 Å². The second-order valence-electron chi connectivity index (χ2n) is 7.11. The van der Waals surface area contributed by atoms with Crippen LogP contribution >= 0.6 is 0 Å². The fraction of sp³-hybridized carbons (Fsp3) is 0.333. The number of hydrogen-bond donors (Lipinski definition) is 3. The molecule has 0 aliphatic rings. The first-order chi connectivity index (χ1) is 13.5. The number of carbonyl (C=O) groups excluding carboxylic acids is 2. The summed E-state index contributed by atoms with van der Waals surface area (Å²) >= 11 is 0. The number of rotatable bonds is 6. The lowest BCUT2D eigenvalue weighted by Gasteiger charge is -2.21. The van der Waals surface area contributed by atoms with Crippen LogP contribution in [0.3, 0.4) is 0 Å². The van der Waals surface area contributed by atoms with E-state index in [1.165, 1.54) is 12.1 Å². The van der Waals surface area contributed by atoms with Gasteiger partial charge in [0.15, 0.2) is 12.6 Å². The number of hydrogen-bond acceptors (Lipinski definition) is 2. The van der Waals surface area contributed by atoms with Gasteiger partial charge in [0, 0.05) is 11.4 Å². The van der Waals surface area contributed by atoms with E-state index >= 15 is 0 Å². The Morgan fingerprint density at radius 3 is 2.38 bits per heavy atom. The number of likely N-dealkylation sites (N-methyl/N-ethyl adjacent to an activating group) is 1. The van der Waals surface area contributed by atoms with Gasteiger partial charge in [0.2, 0.25) is 0 Å². The van der Waals surface area contributed by atoms with Crippen LogP contribution in [-0.2, 0) is 15.8 Å². The Kier molecular flexibility index (Phi) is 7.02. The van der Waals surface area contributed by atoms with E-state index in [1.54, 1.807) is 20.0 Å². The number of aryl methyl sites for hydroxylation is 1. The van der Waals surface area contributed by atoms with Crippen molar-refractivity contribution in [3.05, 3.63) is 59.2 Å². The van der Waals surface area contributed by atoms with Crippen LogP contribution in [0, 0.1) is 13.8 Å². The Hall–Kier alpha value is -2.87. The van der Waals surface area contributed by atoms with Crippen LogP contribution in [0.5, 0.6) is 0 Å². The first kappa shape index (κ1) is 22.4. The number of halogens is 3. The van der Waals surface area contributed by atoms with Gasteiger partial charge in [-0.2, -0.15) is 13.2 Å². The summed E-state index contributed by atoms with van der Waals surface area (Å²) < 4.78 is 38.4. The van der Waals surface area contributed by atoms with Gasteiger partial charge in [-0.05, 0) is 56.2 Å². The van der Waals surface area contributed by atoms with Crippen molar-refractivity contribution in [1.82, 2.24) is 0 Å². The molecule has 2 amide bonds. The Morgan fingerprint density at radius 1 is 1.07 bits per heavy atom. The largest absolute Gasteiger partial charge is 0.416 e. The summed E-state index contributed by atoms with van der Waals surface area (Å²) in [6.45, 7) is 5.50. The van der Waals surface area contributed by atoms with Crippen LogP contribution < -0.4 is 15.5 Å². The summed E-state index contributed by atoms with van der Waals surface area (Å²) in [6.07, 6.45) is -4.49. The summed E-state index contributed by atoms with van der Waals surface area (Å²) in [4.78, 5) is 25.4. The second-order valence-corrected chi connectivity index (χ2v) is 7.11. The van der Waals surface area contributed by atoms with E-state index in [4.69, 9.17) is 0 Å². The second kappa shape index (κ2) is 9.09. The van der Waals surface area contributed by atoms with Gasteiger partial charge < -0.3 is 15.5 Å². The molecule has 1 unspecified atom stereocenters. The van der Waals surface area contributed by atoms with Crippen LogP contribution in [0.1, 0.15) is 23.6 Å². The van der Waals surface area contributed by atoms with Crippen LogP contribution in [0.2, 0.25) is 0 Å². The standard InChI is InChI=1S/C21H24F3N3O2/c1-13-7-5-10-18(14(13)2)26-19(28)12-27(4)15(3)20(29)25-17-9-6-8-16(11-17)21(22,23)24/h5-11,15H,12H2,1-4H3,(H,25,29)(H,26,28)/p+1/t15-/m1/s1. The molecule has 2 aromatic rings. The molecular formula is C21H25F3N3O2+. The van der Waals surface area contributed by atoms with Crippen molar-refractivity contribution >= 4 is 23.2 Å². The fourth-order valence-electron chi connectivity index (χ4n) is 2.73. The molecule has 0 bridgehead atoms. The number of carbonyl (C=O) groups is 2. The van der Waals surface area contributed by atoms with E-state index in [1.807, 2.05) is 26.0 Å². The molecule has 5 nitrogen and oxygen atoms in total. The highest BCUT2D eigenvalue weighted by Crippen LogP contribution is 2.30. The third-order valence-corrected chi connectivity index (χ3v) is 4.91. The molecule has 2 rings (SSSR count). The molecule has 3 N–H and O–H groups in total. The minimum Gasteiger partial charge on any atom is -0.321 e. The van der Waals surface area contributed by atoms with Crippen molar-refractivity contribution in [3.8, 4) is 0 Å². The summed E-state index contributed by atoms with van der Waals surface area (Å²) in [5.74, 6) is -0.726. The first-order valence-electron chi connectivity index (χ1n) is 9.15. The van der Waals surface area contributed by atoms with Gasteiger partial charge in [-0.25, -0.2) is 0 Å². The van der Waals surface area contributed by atoms with Crippen molar-refractivity contribution in [3.63, 3.8) is 0 Å². The van der Waals surface area contributed by atoms with E-state index in [2.05, 4.69) is 10.6 Å². The molecule has 0 heterocycles. The number of benzene rings is 2. The van der Waals surface area contributed by atoms with Crippen molar-refractivity contribution in [2.75, 3.05) is 24.2 Å². The number of amides is 2. The van der Waals surface area contributed by atoms with Crippen molar-refractivity contribution < 1.29 is 27.7 Å². The maximum absolute atomic E-state index is 12.8. The van der Waals surface area contributed by atoms with Gasteiger partial charge in [-0.1, -0.05) is 18.2 Å². The normalized spacial score (nSPS) is 13.5. The molecule has 0 aromatic heterocycles. The summed E-state index contributed by atoms with van der Waals surface area (Å²) in [6, 6.07) is 9.40. The lowest BCUT2D eigenvalue weighted by Crippen LogP contribution is -3.14. The fourth-order valence-corrected chi connectivity index (χ4v) is 2.73. The van der Waals surface area contributed by atoms with Gasteiger partial charge in [-0.3, -0.25) is 9.59 Å². The van der Waals surface area contributed by atoms with Gasteiger partial charge in [0.25, 0.3) is 11.8 Å². The van der Waals surface area contributed by atoms with Crippen molar-refractivity contribution in [2.24, 2.45) is 0 Å². The molecule has 0 spiro atoms. The van der Waals surface area contributed by atoms with E-state index in [0.717, 1.165) is 23.3 Å². The molecular weight excluding hydrogens is 383 g/mol. The molecule has 0 fully saturated rings. The third-order valence-electron chi connectivity index (χ3n) is 4.91. The average molecular weight is 408 g/mol. The maximum atomic E-state index is 12.8. The zero-order valence-electron chi connectivity index (χ0n) is 16.8. The highest BCUT2D eigenvalue weighted by molar-refractivity contribution is 5.95. The number of alkyl halides is 3. The lowest BCUT2D eigenvalue weighted by atomic mass is 10.1. The molecule has 29 heavy (non-hydrogen) atoms. The molecule has 2 aromatic carbocycles. The smallest absolute Gasteiger partial charge is 0.321 e. The quantitative estimate of drug-likeness (QED) is 0.688. The zero-order valence-corrected chi connectivity index (χ0v) is 16.8. The number of anilines is 2. The predicted molar refractivity (Wildman–Crippen MR) is 106 cm³/mol. The van der Waals surface area contributed by atoms with E-state index in [-0.39, 0.29) is 18.1 Å². The summed E-state index contributed by atoms with van der Waals surface area (Å²) in [7, 11) is 1.68. The molecule has 156 valence electrons. The summed E-state index contributed by atoms with van der Waals surface area (Å²) in [5.41, 5.74) is 1.95. The van der Waals surface area contributed by atoms with Crippen LogP contribution in [-0.4, -0.2) is 31.4 Å². The lowest BCUT2D eigenvalue weighted by molar-refractivity contribution is -0.885. The Balaban J connectivity index is 1.97. The SMILES string of the molecule is Cc1cccc(NC(=O)C[NH+](C)[C@H](C)C(=O)Nc2cccc(C(F)(F)F)c2)c1C. The van der Waals surface area contributed by atoms with E-state index in [0.29, 0.717) is 10.6 Å². The van der Waals surface area contributed by atoms with Crippen molar-refractivity contribution in [1.29, 1.82) is 0 Å². The van der Waals surface area contributed by atoms with Crippen LogP contribution in [0.15, 0.2) is 42.5 Å². The monoisotopic (exact) mass is 408 g/mol. The van der Waals surface area contributed by atoms with Crippen molar-refractivity contribution in [2.45, 2.75) is 33.0 Å². The predicted octanol–water partition coefficient (Wildman–Crippen LogP) is 2.80. The topological polar surface area (TPSA) is 62.6 Å². The van der Waals surface area contributed by atoms with E-state index in [9.17, 15) is 22.8 Å². The number of quaternary nitrogens is 1. The molecule has 0 radical (unpaired) electrons. The first-order valence-corrected chi connectivity index (χ1v) is 9.15. The molecule has 8 heteroatoms. The minimum absolute atomic E-state index is 0.0323. The van der Waals surface area contributed by atoms with Gasteiger partial charge in [-0.15, -0.1) is 0 Å². The van der Waals surface area contributed by atoms with Gasteiger partial charge in [0.05, 0.1) is 12.6 Å². The highest BCUT2D eigenvalue weighted by Gasteiger charge is 2.31. The Bertz CT molecular complexity index is 897. The Labute approximate surface area is 167 Å². The summed E-state index contributed by atoms with van der Waals surface area (Å²) in [5, 5.41) is 5.32. The molecule has 2 atom stereocenters. The van der Waals surface area contributed by atoms with Crippen LogP contribution in [0.25, 0.3) is 0 Å². The van der Waals surface area contributed by atoms with Crippen LogP contribution in [0.4, 0.5) is 24.5 Å². The molecule has 0 aliphatic heterocycles. The Morgan fingerprint density at radius 2 is 1.72 bits per heavy atom. The molecule has 0 aliphatic carbocycles. The minimum atomic E-state index is -4.49.